The molecule has 0 N–H and O–H groups in total. The first-order chi connectivity index (χ1) is 55.9. The average Bonchev–Trinajstić information content (AvgIpc) is 0.763. The molecule has 0 aliphatic rings. The van der Waals surface area contributed by atoms with Crippen LogP contribution in [0.4, 0.5) is 0 Å². The first-order valence-electron chi connectivity index (χ1n) is 39.4. The monoisotopic (exact) mass is 1460 g/mol. The quantitative estimate of drug-likeness (QED) is 0.0450. The van der Waals surface area contributed by atoms with E-state index < -0.39 is 0 Å². The third-order valence-electron chi connectivity index (χ3n) is 21.4. The molecule has 0 spiro atoms. The van der Waals surface area contributed by atoms with Crippen molar-refractivity contribution < 1.29 is 0 Å². The van der Waals surface area contributed by atoms with Gasteiger partial charge in [-0.1, -0.05) is 525 Å². The van der Waals surface area contributed by atoms with Gasteiger partial charge in [-0.05, 0) is 155 Å². The lowest BCUT2D eigenvalue weighted by atomic mass is 9.61. The van der Waals surface area contributed by atoms with Crippen LogP contribution in [0.3, 0.4) is 0 Å². The first kappa shape index (κ1) is 76.7. The predicted octanol–water partition coefficient (Wildman–Crippen LogP) is 31.0. The molecular formula is C114H94. The Morgan fingerprint density at radius 1 is 0.105 bits per heavy atom. The summed E-state index contributed by atoms with van der Waals surface area (Å²) in [4.78, 5) is 0. The minimum atomic E-state index is -0.128. The normalized spacial score (nSPS) is 12.5. The molecule has 0 saturated carbocycles. The summed E-state index contributed by atoms with van der Waals surface area (Å²) in [6, 6.07) is 126. The summed E-state index contributed by atoms with van der Waals surface area (Å²) < 4.78 is 0. The highest BCUT2D eigenvalue weighted by atomic mass is 14.4. The number of hydrogen-bond acceptors (Lipinski definition) is 0. The van der Waals surface area contributed by atoms with Crippen molar-refractivity contribution in [2.75, 3.05) is 0 Å². The molecule has 0 aromatic heterocycles. The lowest BCUT2D eigenvalue weighted by Crippen LogP contribution is -2.40. The van der Waals surface area contributed by atoms with E-state index in [-0.39, 0.29) is 10.8 Å². The number of benzene rings is 14. The van der Waals surface area contributed by atoms with Crippen molar-refractivity contribution in [3.63, 3.8) is 0 Å². The molecule has 0 nitrogen and oxygen atoms in total. The molecule has 14 aromatic carbocycles. The molecule has 0 aliphatic carbocycles. The fourth-order valence-corrected chi connectivity index (χ4v) is 13.4. The maximum absolute atomic E-state index is 2.37. The van der Waals surface area contributed by atoms with Crippen LogP contribution in [0.15, 0.2) is 352 Å². The Balaban J connectivity index is 0.480. The Morgan fingerprint density at radius 3 is 0.281 bits per heavy atom. The molecular weight excluding hydrogens is 1370 g/mol. The molecule has 0 unspecified atom stereocenters. The van der Waals surface area contributed by atoms with E-state index in [0.29, 0.717) is 0 Å². The molecule has 0 aliphatic heterocycles. The fraction of sp³-hybridized carbons (Fsp3) is 0.0526. The molecule has 114 heavy (non-hydrogen) atoms. The minimum absolute atomic E-state index is 0.127. The van der Waals surface area contributed by atoms with Crippen LogP contribution in [0, 0.1) is 0 Å². The van der Waals surface area contributed by atoms with Gasteiger partial charge in [0.1, 0.15) is 0 Å². The van der Waals surface area contributed by atoms with E-state index in [1.807, 2.05) is 12.1 Å². The summed E-state index contributed by atoms with van der Waals surface area (Å²) in [6.45, 7) is 9.47. The van der Waals surface area contributed by atoms with Crippen molar-refractivity contribution in [1.82, 2.24) is 0 Å². The topological polar surface area (TPSA) is 0 Å². The minimum Gasteiger partial charge on any atom is -0.0622 e. The average molecular weight is 1460 g/mol. The van der Waals surface area contributed by atoms with Gasteiger partial charge in [0.15, 0.2) is 0 Å². The Hall–Kier alpha value is -14.0. The fourth-order valence-electron chi connectivity index (χ4n) is 13.4. The number of rotatable bonds is 27. The highest BCUT2D eigenvalue weighted by Crippen LogP contribution is 2.44. The van der Waals surface area contributed by atoms with Crippen molar-refractivity contribution in [2.45, 2.75) is 38.5 Å². The Labute approximate surface area is 676 Å². The zero-order chi connectivity index (χ0) is 78.0. The van der Waals surface area contributed by atoms with E-state index >= 15 is 0 Å². The van der Waals surface area contributed by atoms with Crippen LogP contribution in [-0.2, 0) is 10.8 Å². The molecule has 0 heteroatoms. The van der Waals surface area contributed by atoms with Crippen molar-refractivity contribution in [3.05, 3.63) is 496 Å². The van der Waals surface area contributed by atoms with E-state index in [9.17, 15) is 0 Å². The number of hydrogen-bond donors (Lipinski definition) is 0. The third kappa shape index (κ3) is 22.4. The van der Waals surface area contributed by atoms with E-state index in [4.69, 9.17) is 0 Å². The second kappa shape index (κ2) is 38.1. The van der Waals surface area contributed by atoms with Gasteiger partial charge in [0, 0.05) is 0 Å². The summed E-state index contributed by atoms with van der Waals surface area (Å²) in [5.41, 5.74) is 30.5. The summed E-state index contributed by atoms with van der Waals surface area (Å²) in [7, 11) is 0. The Bertz CT molecular complexity index is 5810. The van der Waals surface area contributed by atoms with Crippen LogP contribution in [-0.4, -0.2) is 0 Å². The largest absolute Gasteiger partial charge is 0.0622 e. The summed E-state index contributed by atoms with van der Waals surface area (Å²) in [6.07, 6.45) is 52.1. The zero-order valence-electron chi connectivity index (χ0n) is 65.3. The van der Waals surface area contributed by atoms with Gasteiger partial charge >= 0.3 is 0 Å². The summed E-state index contributed by atoms with van der Waals surface area (Å²) in [5.74, 6) is 0. The molecule has 0 radical (unpaired) electrons. The van der Waals surface area contributed by atoms with Gasteiger partial charge in [0.25, 0.3) is 0 Å². The van der Waals surface area contributed by atoms with Gasteiger partial charge in [-0.3, -0.25) is 0 Å². The molecule has 0 bridgehead atoms. The molecule has 0 amide bonds. The standard InChI is InChI=1S/C114H94/c1-113(2,111-83-79-109(80-84-111)77-75-107-71-67-105(68-72-107)65-63-103-37-33-94(34-38-103)30-28-92-25-21-90(22-26-92)18-16-88-13-9-6-10-14-88)114(3,4)112-85-81-110(82-86-112)78-76-108-73-69-106(70-74-108)66-64-104-61-59-102(60-62-104)58-57-101-55-53-100(54-56-101)52-51-99-49-47-98(48-50-99)46-45-97-43-41-96(42-44-97)40-39-95-35-31-93(32-36-95)29-27-91-23-19-89(20-24-91)17-15-87-11-7-5-8-12-87/h5-86H,1-4H3/b17-15+,18-16+,29-27+,30-28+,40-39+,46-45+,52-51+,58-57+,65-63+,66-64+,77-75+,78-76+. The molecule has 14 rings (SSSR count). The van der Waals surface area contributed by atoms with Crippen LogP contribution in [0.5, 0.6) is 0 Å². The highest BCUT2D eigenvalue weighted by Gasteiger charge is 2.39. The van der Waals surface area contributed by atoms with Gasteiger partial charge in [-0.2, -0.15) is 0 Å². The van der Waals surface area contributed by atoms with Crippen LogP contribution in [0.1, 0.15) is 172 Å². The summed E-state index contributed by atoms with van der Waals surface area (Å²) >= 11 is 0. The van der Waals surface area contributed by atoms with E-state index in [1.54, 1.807) is 0 Å². The lowest BCUT2D eigenvalue weighted by Gasteiger charge is -2.43. The Kier molecular flexibility index (Phi) is 25.6. The molecule has 0 heterocycles. The van der Waals surface area contributed by atoms with Gasteiger partial charge in [-0.25, -0.2) is 0 Å². The molecule has 550 valence electrons. The second-order valence-electron chi connectivity index (χ2n) is 30.0. The van der Waals surface area contributed by atoms with Crippen molar-refractivity contribution in [3.8, 4) is 0 Å². The molecule has 0 atom stereocenters. The van der Waals surface area contributed by atoms with Crippen LogP contribution in [0.25, 0.3) is 146 Å². The van der Waals surface area contributed by atoms with Gasteiger partial charge in [0.05, 0.1) is 0 Å². The SMILES string of the molecule is CC(C)(c1ccc(/C=C/c2ccc(/C=C/c3ccc(/C=C/c4ccc(/C=C/c5ccccc5)cc4)cc3)cc2)cc1)C(C)(C)c1ccc(/C=C/c2ccc(/C=C/c3ccc(/C=C/c4ccc(/C=C/c5ccc(/C=C/c6ccc(/C=C/c7ccc(/C=C/c8ccc(/C=C/c9ccccc9)cc8)cc7)cc6)cc5)cc4)cc3)cc2)cc1. The van der Waals surface area contributed by atoms with Gasteiger partial charge in [0.2, 0.25) is 0 Å². The van der Waals surface area contributed by atoms with E-state index in [1.165, 1.54) is 94.6 Å². The lowest BCUT2D eigenvalue weighted by molar-refractivity contribution is 0.303. The smallest absolute Gasteiger partial charge is 0.00120 e. The maximum Gasteiger partial charge on any atom is -0.00120 e. The highest BCUT2D eigenvalue weighted by molar-refractivity contribution is 5.81. The Morgan fingerprint density at radius 2 is 0.184 bits per heavy atom. The van der Waals surface area contributed by atoms with Crippen molar-refractivity contribution in [2.24, 2.45) is 0 Å². The van der Waals surface area contributed by atoms with Crippen molar-refractivity contribution >= 4 is 146 Å². The zero-order valence-corrected chi connectivity index (χ0v) is 65.3. The van der Waals surface area contributed by atoms with Crippen LogP contribution < -0.4 is 0 Å². The van der Waals surface area contributed by atoms with E-state index in [2.05, 4.69) is 513 Å². The predicted molar refractivity (Wildman–Crippen MR) is 503 cm³/mol. The third-order valence-corrected chi connectivity index (χ3v) is 21.4. The molecule has 0 saturated heterocycles. The molecule has 14 aromatic rings. The van der Waals surface area contributed by atoms with Crippen LogP contribution >= 0.6 is 0 Å². The second-order valence-corrected chi connectivity index (χ2v) is 30.0. The van der Waals surface area contributed by atoms with Gasteiger partial charge < -0.3 is 0 Å². The van der Waals surface area contributed by atoms with Gasteiger partial charge in [-0.15, -0.1) is 0 Å². The van der Waals surface area contributed by atoms with E-state index in [0.717, 1.165) is 50.1 Å². The first-order valence-corrected chi connectivity index (χ1v) is 39.4. The molecule has 0 fully saturated rings. The maximum atomic E-state index is 2.37. The van der Waals surface area contributed by atoms with Crippen LogP contribution in [0.2, 0.25) is 0 Å². The summed E-state index contributed by atoms with van der Waals surface area (Å²) in [5, 5.41) is 0. The van der Waals surface area contributed by atoms with Crippen molar-refractivity contribution in [1.29, 1.82) is 0 Å².